The number of fused-ring (bicyclic) bond motifs is 1. The largest absolute Gasteiger partial charge is 0.496 e. The van der Waals surface area contributed by atoms with Crippen molar-refractivity contribution in [2.45, 2.75) is 52.4 Å². The molecule has 0 saturated heterocycles. The fraction of sp³-hybridized carbons (Fsp3) is 0.474. The standard InChI is InChI=1S/C19H25BrO/c1-18(2,3)13-8-12-9-15(19(4,5)6)17(21-7)11-14(12)16(20)10-13/h8-11H,1-7H3. The average molecular weight is 349 g/mol. The van der Waals surface area contributed by atoms with Gasteiger partial charge in [-0.05, 0) is 45.4 Å². The van der Waals surface area contributed by atoms with E-state index in [1.807, 2.05) is 0 Å². The molecule has 0 amide bonds. The number of rotatable bonds is 1. The van der Waals surface area contributed by atoms with Crippen molar-refractivity contribution in [1.29, 1.82) is 0 Å². The van der Waals surface area contributed by atoms with Crippen LogP contribution in [0.1, 0.15) is 52.7 Å². The summed E-state index contributed by atoms with van der Waals surface area (Å²) in [6.45, 7) is 13.4. The van der Waals surface area contributed by atoms with Gasteiger partial charge in [0.15, 0.2) is 0 Å². The van der Waals surface area contributed by atoms with E-state index in [-0.39, 0.29) is 10.8 Å². The Kier molecular flexibility index (Phi) is 4.14. The molecule has 0 atom stereocenters. The Bertz CT molecular complexity index is 672. The Hall–Kier alpha value is -1.02. The summed E-state index contributed by atoms with van der Waals surface area (Å²) in [6, 6.07) is 8.94. The molecular formula is C19H25BrO. The molecule has 0 aromatic heterocycles. The lowest BCUT2D eigenvalue weighted by atomic mass is 9.82. The van der Waals surface area contributed by atoms with E-state index in [9.17, 15) is 0 Å². The maximum Gasteiger partial charge on any atom is 0.123 e. The number of hydrogen-bond acceptors (Lipinski definition) is 1. The molecule has 0 aliphatic rings. The van der Waals surface area contributed by atoms with Gasteiger partial charge in [-0.1, -0.05) is 63.5 Å². The lowest BCUT2D eigenvalue weighted by molar-refractivity contribution is 0.398. The van der Waals surface area contributed by atoms with E-state index in [4.69, 9.17) is 4.74 Å². The monoisotopic (exact) mass is 348 g/mol. The molecule has 0 unspecified atom stereocenters. The zero-order valence-electron chi connectivity index (χ0n) is 14.1. The van der Waals surface area contributed by atoms with E-state index in [2.05, 4.69) is 81.7 Å². The molecule has 0 N–H and O–H groups in total. The highest BCUT2D eigenvalue weighted by atomic mass is 79.9. The Labute approximate surface area is 136 Å². The maximum atomic E-state index is 5.61. The van der Waals surface area contributed by atoms with E-state index in [0.29, 0.717) is 0 Å². The fourth-order valence-electron chi connectivity index (χ4n) is 2.53. The van der Waals surface area contributed by atoms with Gasteiger partial charge in [0.1, 0.15) is 5.75 Å². The van der Waals surface area contributed by atoms with Crippen LogP contribution in [0.4, 0.5) is 0 Å². The molecule has 1 nitrogen and oxygen atoms in total. The van der Waals surface area contributed by atoms with Crippen LogP contribution in [0.15, 0.2) is 28.7 Å². The van der Waals surface area contributed by atoms with Crippen LogP contribution >= 0.6 is 15.9 Å². The zero-order valence-corrected chi connectivity index (χ0v) is 15.7. The van der Waals surface area contributed by atoms with Gasteiger partial charge in [0.25, 0.3) is 0 Å². The molecule has 0 saturated carbocycles. The molecule has 0 bridgehead atoms. The number of benzene rings is 2. The second-order valence-electron chi connectivity index (χ2n) is 7.73. The first-order valence-electron chi connectivity index (χ1n) is 7.36. The van der Waals surface area contributed by atoms with E-state index in [0.717, 1.165) is 10.2 Å². The van der Waals surface area contributed by atoms with Gasteiger partial charge in [0.2, 0.25) is 0 Å². The van der Waals surface area contributed by atoms with Crippen molar-refractivity contribution < 1.29 is 4.74 Å². The van der Waals surface area contributed by atoms with Crippen molar-refractivity contribution in [2.75, 3.05) is 7.11 Å². The SMILES string of the molecule is COc1cc2c(Br)cc(C(C)(C)C)cc2cc1C(C)(C)C. The van der Waals surface area contributed by atoms with Crippen molar-refractivity contribution in [3.05, 3.63) is 39.9 Å². The quantitative estimate of drug-likeness (QED) is 0.595. The van der Waals surface area contributed by atoms with Gasteiger partial charge in [-0.25, -0.2) is 0 Å². The van der Waals surface area contributed by atoms with Crippen LogP contribution in [0.2, 0.25) is 0 Å². The minimum absolute atomic E-state index is 0.0593. The van der Waals surface area contributed by atoms with Crippen LogP contribution in [-0.2, 0) is 10.8 Å². The molecule has 0 heterocycles. The summed E-state index contributed by atoms with van der Waals surface area (Å²) in [5, 5.41) is 2.47. The summed E-state index contributed by atoms with van der Waals surface area (Å²) in [5.41, 5.74) is 2.78. The summed E-state index contributed by atoms with van der Waals surface area (Å²) < 4.78 is 6.74. The molecular weight excluding hydrogens is 324 g/mol. The molecule has 0 spiro atoms. The van der Waals surface area contributed by atoms with E-state index >= 15 is 0 Å². The Morgan fingerprint density at radius 3 is 1.95 bits per heavy atom. The smallest absolute Gasteiger partial charge is 0.123 e. The molecule has 2 rings (SSSR count). The van der Waals surface area contributed by atoms with Gasteiger partial charge in [-0.3, -0.25) is 0 Å². The van der Waals surface area contributed by atoms with Crippen LogP contribution in [0.3, 0.4) is 0 Å². The van der Waals surface area contributed by atoms with Crippen LogP contribution < -0.4 is 4.74 Å². The van der Waals surface area contributed by atoms with Crippen molar-refractivity contribution in [2.24, 2.45) is 0 Å². The zero-order chi connectivity index (χ0) is 16.0. The van der Waals surface area contributed by atoms with Gasteiger partial charge >= 0.3 is 0 Å². The van der Waals surface area contributed by atoms with Crippen LogP contribution in [0, 0.1) is 0 Å². The van der Waals surface area contributed by atoms with E-state index in [1.165, 1.54) is 21.9 Å². The lowest BCUT2D eigenvalue weighted by Crippen LogP contribution is -2.13. The van der Waals surface area contributed by atoms with Crippen LogP contribution in [0.25, 0.3) is 10.8 Å². The van der Waals surface area contributed by atoms with Crippen molar-refractivity contribution in [3.8, 4) is 5.75 Å². The van der Waals surface area contributed by atoms with E-state index in [1.54, 1.807) is 7.11 Å². The molecule has 0 radical (unpaired) electrons. The molecule has 2 aromatic rings. The minimum Gasteiger partial charge on any atom is -0.496 e. The Morgan fingerprint density at radius 1 is 0.857 bits per heavy atom. The van der Waals surface area contributed by atoms with Gasteiger partial charge in [-0.15, -0.1) is 0 Å². The Morgan fingerprint density at radius 2 is 1.48 bits per heavy atom. The topological polar surface area (TPSA) is 9.23 Å². The van der Waals surface area contributed by atoms with Crippen LogP contribution in [-0.4, -0.2) is 7.11 Å². The summed E-state index contributed by atoms with van der Waals surface area (Å²) in [7, 11) is 1.74. The first kappa shape index (κ1) is 16.4. The van der Waals surface area contributed by atoms with Gasteiger partial charge < -0.3 is 4.74 Å². The predicted molar refractivity (Wildman–Crippen MR) is 95.6 cm³/mol. The van der Waals surface area contributed by atoms with Gasteiger partial charge in [-0.2, -0.15) is 0 Å². The third-order valence-electron chi connectivity index (χ3n) is 3.90. The normalized spacial score (nSPS) is 12.8. The lowest BCUT2D eigenvalue weighted by Gasteiger charge is -2.24. The highest BCUT2D eigenvalue weighted by Gasteiger charge is 2.21. The fourth-order valence-corrected chi connectivity index (χ4v) is 3.12. The highest BCUT2D eigenvalue weighted by Crippen LogP contribution is 2.39. The third kappa shape index (κ3) is 3.26. The highest BCUT2D eigenvalue weighted by molar-refractivity contribution is 9.10. The number of halogens is 1. The summed E-state index contributed by atoms with van der Waals surface area (Å²) in [4.78, 5) is 0. The van der Waals surface area contributed by atoms with Crippen LogP contribution in [0.5, 0.6) is 5.75 Å². The second-order valence-corrected chi connectivity index (χ2v) is 8.59. The molecule has 2 heteroatoms. The molecule has 21 heavy (non-hydrogen) atoms. The van der Waals surface area contributed by atoms with Crippen molar-refractivity contribution >= 4 is 26.7 Å². The third-order valence-corrected chi connectivity index (χ3v) is 4.55. The molecule has 0 fully saturated rings. The maximum absolute atomic E-state index is 5.61. The van der Waals surface area contributed by atoms with Crippen molar-refractivity contribution in [3.63, 3.8) is 0 Å². The van der Waals surface area contributed by atoms with Crippen molar-refractivity contribution in [1.82, 2.24) is 0 Å². The van der Waals surface area contributed by atoms with Gasteiger partial charge in [0.05, 0.1) is 7.11 Å². The number of ether oxygens (including phenoxy) is 1. The molecule has 2 aromatic carbocycles. The summed E-state index contributed by atoms with van der Waals surface area (Å²) in [5.74, 6) is 0.958. The first-order valence-corrected chi connectivity index (χ1v) is 8.15. The average Bonchev–Trinajstić information content (AvgIpc) is 2.35. The number of methoxy groups -OCH3 is 1. The summed E-state index contributed by atoms with van der Waals surface area (Å²) >= 11 is 3.72. The molecule has 114 valence electrons. The minimum atomic E-state index is 0.0593. The van der Waals surface area contributed by atoms with Gasteiger partial charge in [0, 0.05) is 10.0 Å². The summed E-state index contributed by atoms with van der Waals surface area (Å²) in [6.07, 6.45) is 0. The number of hydrogen-bond donors (Lipinski definition) is 0. The predicted octanol–water partition coefficient (Wildman–Crippen LogP) is 6.21. The molecule has 0 aliphatic carbocycles. The molecule has 0 aliphatic heterocycles. The Balaban J connectivity index is 2.80. The first-order chi connectivity index (χ1) is 9.54. The second kappa shape index (κ2) is 5.31. The van der Waals surface area contributed by atoms with E-state index < -0.39 is 0 Å².